The zero-order valence-electron chi connectivity index (χ0n) is 34.5. The Morgan fingerprint density at radius 2 is 0.761 bits per heavy atom. The van der Waals surface area contributed by atoms with Gasteiger partial charge in [0.1, 0.15) is 0 Å². The summed E-state index contributed by atoms with van der Waals surface area (Å²) in [5.74, 6) is 0.152. The fraction of sp³-hybridized carbons (Fsp3) is 1.00. The minimum Gasteiger partial charge on any atom is -0.376 e. The summed E-state index contributed by atoms with van der Waals surface area (Å²) < 4.78 is 38.8. The Morgan fingerprint density at radius 1 is 0.391 bits per heavy atom. The van der Waals surface area contributed by atoms with E-state index in [1.165, 1.54) is 0 Å². The lowest BCUT2D eigenvalue weighted by Gasteiger charge is -2.44. The van der Waals surface area contributed by atoms with Gasteiger partial charge < -0.3 is 28.4 Å². The maximum absolute atomic E-state index is 6.83. The molecule has 0 N–H and O–H groups in total. The zero-order chi connectivity index (χ0) is 36.3. The summed E-state index contributed by atoms with van der Waals surface area (Å²) in [6.07, 6.45) is 6.36. The molecule has 0 saturated heterocycles. The summed E-state index contributed by atoms with van der Waals surface area (Å²) in [6, 6.07) is 0. The van der Waals surface area contributed by atoms with Crippen molar-refractivity contribution in [3.05, 3.63) is 0 Å². The van der Waals surface area contributed by atoms with Crippen LogP contribution in [0.1, 0.15) is 176 Å². The second-order valence-corrected chi connectivity index (χ2v) is 18.6. The topological polar surface area (TPSA) is 55.4 Å². The molecule has 46 heavy (non-hydrogen) atoms. The van der Waals surface area contributed by atoms with Crippen LogP contribution in [0.15, 0.2) is 0 Å². The molecule has 0 spiro atoms. The van der Waals surface area contributed by atoms with Crippen LogP contribution >= 0.6 is 0 Å². The van der Waals surface area contributed by atoms with E-state index in [0.717, 1.165) is 44.9 Å². The molecular weight excluding hydrogens is 576 g/mol. The fourth-order valence-corrected chi connectivity index (χ4v) is 4.97. The van der Waals surface area contributed by atoms with Gasteiger partial charge in [0.15, 0.2) is 0 Å². The van der Waals surface area contributed by atoms with E-state index in [0.29, 0.717) is 33.0 Å². The smallest absolute Gasteiger partial charge is 0.0678 e. The van der Waals surface area contributed by atoms with E-state index in [-0.39, 0.29) is 50.5 Å². The van der Waals surface area contributed by atoms with Crippen molar-refractivity contribution < 1.29 is 28.4 Å². The lowest BCUT2D eigenvalue weighted by Crippen LogP contribution is -2.45. The van der Waals surface area contributed by atoms with Crippen LogP contribution in [0, 0.1) is 11.3 Å². The van der Waals surface area contributed by atoms with Crippen LogP contribution < -0.4 is 0 Å². The first-order valence-corrected chi connectivity index (χ1v) is 18.4. The quantitative estimate of drug-likeness (QED) is 0.0922. The second kappa shape index (κ2) is 18.1. The highest BCUT2D eigenvalue weighted by Gasteiger charge is 2.40. The average Bonchev–Trinajstić information content (AvgIpc) is 2.88. The maximum Gasteiger partial charge on any atom is 0.0678 e. The molecule has 0 bridgehead atoms. The third kappa shape index (κ3) is 19.1. The van der Waals surface area contributed by atoms with E-state index >= 15 is 0 Å². The molecule has 1 unspecified atom stereocenters. The Bertz CT molecular complexity index is 837. The van der Waals surface area contributed by atoms with Crippen molar-refractivity contribution in [2.24, 2.45) is 11.3 Å². The number of hydrogen-bond donors (Lipinski definition) is 0. The highest BCUT2D eigenvalue weighted by atomic mass is 16.5. The third-order valence-corrected chi connectivity index (χ3v) is 10.5. The number of ether oxygens (including phenoxy) is 6. The summed E-state index contributed by atoms with van der Waals surface area (Å²) >= 11 is 0. The van der Waals surface area contributed by atoms with Crippen LogP contribution in [-0.2, 0) is 28.4 Å². The standard InChI is InChI=1S/C40H82O6/c1-20-34(6,7)41-26-23-33(4,5)40(18,19)45-31-32(30-44-37(12,13)24-27-42-35(8,9)21-2)29-39(16,17)46-38(14,15)25-28-43-36(10,11)22-3/h32H,20-31H2,1-19H3. The molecule has 0 aliphatic rings. The molecule has 0 aliphatic carbocycles. The predicted molar refractivity (Wildman–Crippen MR) is 196 cm³/mol. The van der Waals surface area contributed by atoms with Gasteiger partial charge in [-0.25, -0.2) is 0 Å². The van der Waals surface area contributed by atoms with Crippen LogP contribution in [0.5, 0.6) is 0 Å². The van der Waals surface area contributed by atoms with E-state index in [9.17, 15) is 0 Å². The summed E-state index contributed by atoms with van der Waals surface area (Å²) in [4.78, 5) is 0. The van der Waals surface area contributed by atoms with Gasteiger partial charge in [0.25, 0.3) is 0 Å². The molecule has 0 rings (SSSR count). The third-order valence-electron chi connectivity index (χ3n) is 10.5. The monoisotopic (exact) mass is 659 g/mol. The van der Waals surface area contributed by atoms with Gasteiger partial charge in [-0.3, -0.25) is 0 Å². The van der Waals surface area contributed by atoms with Crippen LogP contribution in [0.2, 0.25) is 0 Å². The molecule has 0 fully saturated rings. The predicted octanol–water partition coefficient (Wildman–Crippen LogP) is 11.0. The lowest BCUT2D eigenvalue weighted by molar-refractivity contribution is -0.169. The Hall–Kier alpha value is -0.240. The van der Waals surface area contributed by atoms with Gasteiger partial charge in [-0.2, -0.15) is 0 Å². The molecule has 6 heteroatoms. The van der Waals surface area contributed by atoms with Gasteiger partial charge in [0.2, 0.25) is 0 Å². The molecule has 0 aromatic heterocycles. The molecule has 0 saturated carbocycles. The largest absolute Gasteiger partial charge is 0.376 e. The first-order chi connectivity index (χ1) is 20.5. The van der Waals surface area contributed by atoms with Crippen LogP contribution in [0.4, 0.5) is 0 Å². The molecule has 0 aromatic rings. The molecule has 0 aliphatic heterocycles. The second-order valence-electron chi connectivity index (χ2n) is 18.6. The van der Waals surface area contributed by atoms with Crippen LogP contribution in [0.25, 0.3) is 0 Å². The lowest BCUT2D eigenvalue weighted by atomic mass is 9.74. The van der Waals surface area contributed by atoms with Crippen molar-refractivity contribution in [1.29, 1.82) is 0 Å². The Morgan fingerprint density at radius 3 is 1.17 bits per heavy atom. The van der Waals surface area contributed by atoms with E-state index in [4.69, 9.17) is 28.4 Å². The van der Waals surface area contributed by atoms with Gasteiger partial charge in [0.05, 0.1) is 65.6 Å². The van der Waals surface area contributed by atoms with E-state index in [2.05, 4.69) is 132 Å². The molecule has 0 radical (unpaired) electrons. The Kier molecular flexibility index (Phi) is 18.0. The normalized spacial score (nSPS) is 15.5. The van der Waals surface area contributed by atoms with Crippen LogP contribution in [0.3, 0.4) is 0 Å². The van der Waals surface area contributed by atoms with E-state index < -0.39 is 0 Å². The highest BCUT2D eigenvalue weighted by Crippen LogP contribution is 2.39. The van der Waals surface area contributed by atoms with Gasteiger partial charge in [-0.1, -0.05) is 34.6 Å². The van der Waals surface area contributed by atoms with Gasteiger partial charge in [-0.05, 0) is 147 Å². The van der Waals surface area contributed by atoms with E-state index in [1.54, 1.807) is 0 Å². The van der Waals surface area contributed by atoms with Crippen molar-refractivity contribution in [2.75, 3.05) is 33.0 Å². The molecule has 0 aromatic carbocycles. The first kappa shape index (κ1) is 45.8. The van der Waals surface area contributed by atoms with Crippen molar-refractivity contribution >= 4 is 0 Å². The Labute approximate surface area is 288 Å². The number of hydrogen-bond acceptors (Lipinski definition) is 6. The summed E-state index contributed by atoms with van der Waals surface area (Å²) in [6.45, 7) is 44.8. The SMILES string of the molecule is CCC(C)(C)OCCC(C)(C)OCC(COC(C)(C)C(C)(C)CCOC(C)(C)CC)CC(C)(C)OC(C)(C)CCOC(C)(C)CC. The molecular formula is C40H82O6. The van der Waals surface area contributed by atoms with Gasteiger partial charge >= 0.3 is 0 Å². The fourth-order valence-electron chi connectivity index (χ4n) is 4.97. The van der Waals surface area contributed by atoms with Crippen LogP contribution in [-0.4, -0.2) is 72.2 Å². The molecule has 0 heterocycles. The summed E-state index contributed by atoms with van der Waals surface area (Å²) in [5.41, 5.74) is -1.78. The summed E-state index contributed by atoms with van der Waals surface area (Å²) in [5, 5.41) is 0. The van der Waals surface area contributed by atoms with Crippen molar-refractivity contribution in [3.8, 4) is 0 Å². The average molecular weight is 659 g/mol. The molecule has 278 valence electrons. The highest BCUT2D eigenvalue weighted by molar-refractivity contribution is 4.89. The molecule has 0 amide bonds. The van der Waals surface area contributed by atoms with Crippen molar-refractivity contribution in [3.63, 3.8) is 0 Å². The van der Waals surface area contributed by atoms with Gasteiger partial charge in [0, 0.05) is 12.5 Å². The number of rotatable bonds is 26. The zero-order valence-corrected chi connectivity index (χ0v) is 34.5. The van der Waals surface area contributed by atoms with E-state index in [1.807, 2.05) is 0 Å². The maximum atomic E-state index is 6.83. The van der Waals surface area contributed by atoms with Crippen molar-refractivity contribution in [2.45, 2.75) is 216 Å². The van der Waals surface area contributed by atoms with Crippen molar-refractivity contribution in [1.82, 2.24) is 0 Å². The summed E-state index contributed by atoms with van der Waals surface area (Å²) in [7, 11) is 0. The minimum absolute atomic E-state index is 0.0782. The minimum atomic E-state index is -0.376. The van der Waals surface area contributed by atoms with Gasteiger partial charge in [-0.15, -0.1) is 0 Å². The molecule has 6 nitrogen and oxygen atoms in total. The molecule has 1 atom stereocenters. The first-order valence-electron chi connectivity index (χ1n) is 18.4. The Balaban J connectivity index is 5.68.